The number of hydrogen-bond donors (Lipinski definition) is 2. The lowest BCUT2D eigenvalue weighted by molar-refractivity contribution is -0.142. The molecule has 1 unspecified atom stereocenters. The van der Waals surface area contributed by atoms with Crippen LogP contribution in [0.15, 0.2) is 42.7 Å². The van der Waals surface area contributed by atoms with Gasteiger partial charge in [-0.05, 0) is 42.7 Å². The fraction of sp³-hybridized carbons (Fsp3) is 0.353. The molecule has 2 rings (SSSR count). The van der Waals surface area contributed by atoms with E-state index < -0.39 is 11.9 Å². The number of rotatable bonds is 7. The maximum Gasteiger partial charge on any atom is 0.308 e. The van der Waals surface area contributed by atoms with Crippen molar-refractivity contribution in [1.82, 2.24) is 15.1 Å². The van der Waals surface area contributed by atoms with E-state index in [1.54, 1.807) is 35.1 Å². The van der Waals surface area contributed by atoms with Gasteiger partial charge in [0.1, 0.15) is 0 Å². The van der Waals surface area contributed by atoms with Gasteiger partial charge in [-0.3, -0.25) is 9.59 Å². The van der Waals surface area contributed by atoms with E-state index in [0.29, 0.717) is 12.0 Å². The van der Waals surface area contributed by atoms with E-state index in [1.165, 1.54) is 0 Å². The van der Waals surface area contributed by atoms with Crippen LogP contribution in [-0.2, 0) is 4.79 Å². The van der Waals surface area contributed by atoms with Gasteiger partial charge in [0.25, 0.3) is 5.91 Å². The van der Waals surface area contributed by atoms with E-state index in [1.807, 2.05) is 26.1 Å². The minimum absolute atomic E-state index is 0.132. The van der Waals surface area contributed by atoms with E-state index in [2.05, 4.69) is 10.4 Å². The molecule has 0 bridgehead atoms. The number of aromatic nitrogens is 2. The van der Waals surface area contributed by atoms with Crippen molar-refractivity contribution in [1.29, 1.82) is 0 Å². The number of hydrogen-bond acceptors (Lipinski definition) is 3. The predicted octanol–water partition coefficient (Wildman–Crippen LogP) is 2.35. The first-order chi connectivity index (χ1) is 11.0. The molecule has 1 amide bonds. The Kier molecular flexibility index (Phi) is 5.51. The molecule has 0 radical (unpaired) electrons. The van der Waals surface area contributed by atoms with Gasteiger partial charge in [-0.1, -0.05) is 13.8 Å². The van der Waals surface area contributed by atoms with Gasteiger partial charge in [0.05, 0.1) is 11.6 Å². The number of aliphatic carboxylic acids is 1. The number of amides is 1. The lowest BCUT2D eigenvalue weighted by Gasteiger charge is -2.15. The normalized spacial score (nSPS) is 12.1. The van der Waals surface area contributed by atoms with Crippen LogP contribution in [0.4, 0.5) is 0 Å². The van der Waals surface area contributed by atoms with Gasteiger partial charge >= 0.3 is 5.97 Å². The zero-order chi connectivity index (χ0) is 16.8. The Morgan fingerprint density at radius 1 is 1.26 bits per heavy atom. The Balaban J connectivity index is 1.96. The summed E-state index contributed by atoms with van der Waals surface area (Å²) in [7, 11) is 0. The Morgan fingerprint density at radius 2 is 1.96 bits per heavy atom. The van der Waals surface area contributed by atoms with Crippen molar-refractivity contribution in [2.75, 3.05) is 6.54 Å². The highest BCUT2D eigenvalue weighted by Crippen LogP contribution is 2.12. The van der Waals surface area contributed by atoms with Crippen LogP contribution in [0, 0.1) is 11.8 Å². The zero-order valence-electron chi connectivity index (χ0n) is 13.3. The van der Waals surface area contributed by atoms with Gasteiger partial charge in [-0.25, -0.2) is 4.68 Å². The number of carboxylic acid groups (broad SMARTS) is 1. The van der Waals surface area contributed by atoms with Crippen LogP contribution in [0.25, 0.3) is 5.69 Å². The first kappa shape index (κ1) is 16.7. The Morgan fingerprint density at radius 3 is 2.48 bits per heavy atom. The van der Waals surface area contributed by atoms with Crippen LogP contribution in [0.5, 0.6) is 0 Å². The van der Waals surface area contributed by atoms with Crippen LogP contribution in [0.3, 0.4) is 0 Å². The quantitative estimate of drug-likeness (QED) is 0.821. The molecule has 1 heterocycles. The second-order valence-corrected chi connectivity index (χ2v) is 5.87. The summed E-state index contributed by atoms with van der Waals surface area (Å²) in [5.41, 5.74) is 1.35. The van der Waals surface area contributed by atoms with Crippen molar-refractivity contribution in [3.63, 3.8) is 0 Å². The highest BCUT2D eigenvalue weighted by molar-refractivity contribution is 5.94. The molecular formula is C17H21N3O3. The Labute approximate surface area is 135 Å². The smallest absolute Gasteiger partial charge is 0.308 e. The fourth-order valence-corrected chi connectivity index (χ4v) is 2.35. The number of carbonyl (C=O) groups excluding carboxylic acids is 1. The number of nitrogens with one attached hydrogen (secondary N) is 1. The average molecular weight is 315 g/mol. The minimum atomic E-state index is -0.881. The number of carbonyl (C=O) groups is 2. The maximum absolute atomic E-state index is 12.1. The van der Waals surface area contributed by atoms with Crippen molar-refractivity contribution in [2.24, 2.45) is 11.8 Å². The second-order valence-electron chi connectivity index (χ2n) is 5.87. The van der Waals surface area contributed by atoms with Crippen molar-refractivity contribution in [3.8, 4) is 5.69 Å². The summed E-state index contributed by atoms with van der Waals surface area (Å²) in [6.45, 7) is 4.06. The van der Waals surface area contributed by atoms with Crippen LogP contribution in [0.1, 0.15) is 30.6 Å². The van der Waals surface area contributed by atoms with Crippen LogP contribution >= 0.6 is 0 Å². The topological polar surface area (TPSA) is 84.2 Å². The molecule has 6 heteroatoms. The van der Waals surface area contributed by atoms with Gasteiger partial charge in [0.2, 0.25) is 0 Å². The summed E-state index contributed by atoms with van der Waals surface area (Å²) in [5, 5.41) is 16.0. The van der Waals surface area contributed by atoms with Crippen molar-refractivity contribution in [2.45, 2.75) is 20.3 Å². The molecule has 0 aliphatic carbocycles. The maximum atomic E-state index is 12.1. The van der Waals surface area contributed by atoms with Crippen LogP contribution in [0.2, 0.25) is 0 Å². The third-order valence-corrected chi connectivity index (χ3v) is 3.51. The molecule has 0 aliphatic heterocycles. The van der Waals surface area contributed by atoms with E-state index in [0.717, 1.165) is 5.69 Å². The molecule has 0 saturated heterocycles. The summed E-state index contributed by atoms with van der Waals surface area (Å²) < 4.78 is 1.70. The van der Waals surface area contributed by atoms with Crippen molar-refractivity contribution in [3.05, 3.63) is 48.3 Å². The first-order valence-corrected chi connectivity index (χ1v) is 7.58. The lowest BCUT2D eigenvalue weighted by atomic mass is 9.97. The first-order valence-electron chi connectivity index (χ1n) is 7.58. The number of nitrogens with zero attached hydrogens (tertiary/aromatic N) is 2. The highest BCUT2D eigenvalue weighted by Gasteiger charge is 2.20. The second kappa shape index (κ2) is 7.58. The molecule has 0 saturated carbocycles. The molecule has 1 atom stereocenters. The summed E-state index contributed by atoms with van der Waals surface area (Å²) in [4.78, 5) is 23.3. The minimum Gasteiger partial charge on any atom is -0.481 e. The lowest BCUT2D eigenvalue weighted by Crippen LogP contribution is -2.33. The monoisotopic (exact) mass is 315 g/mol. The summed E-state index contributed by atoms with van der Waals surface area (Å²) >= 11 is 0. The summed E-state index contributed by atoms with van der Waals surface area (Å²) in [6.07, 6.45) is 4.04. The summed E-state index contributed by atoms with van der Waals surface area (Å²) in [6, 6.07) is 8.81. The van der Waals surface area contributed by atoms with Crippen molar-refractivity contribution >= 4 is 11.9 Å². The molecule has 1 aromatic carbocycles. The Bertz CT molecular complexity index is 648. The van der Waals surface area contributed by atoms with Gasteiger partial charge in [-0.2, -0.15) is 5.10 Å². The predicted molar refractivity (Wildman–Crippen MR) is 86.5 cm³/mol. The molecular weight excluding hydrogens is 294 g/mol. The van der Waals surface area contributed by atoms with Crippen molar-refractivity contribution < 1.29 is 14.7 Å². The molecule has 0 spiro atoms. The molecule has 1 aromatic heterocycles. The van der Waals surface area contributed by atoms with E-state index >= 15 is 0 Å². The number of benzene rings is 1. The molecule has 122 valence electrons. The SMILES string of the molecule is CC(C)CC(CNC(=O)c1ccc(-n2cccn2)cc1)C(=O)O. The van der Waals surface area contributed by atoms with Gasteiger partial charge in [0.15, 0.2) is 0 Å². The molecule has 23 heavy (non-hydrogen) atoms. The van der Waals surface area contributed by atoms with Gasteiger partial charge in [0, 0.05) is 24.5 Å². The molecule has 2 N–H and O–H groups in total. The molecule has 2 aromatic rings. The van der Waals surface area contributed by atoms with E-state index in [4.69, 9.17) is 0 Å². The van der Waals surface area contributed by atoms with E-state index in [9.17, 15) is 14.7 Å². The Hall–Kier alpha value is -2.63. The van der Waals surface area contributed by atoms with Gasteiger partial charge < -0.3 is 10.4 Å². The third kappa shape index (κ3) is 4.67. The standard InChI is InChI=1S/C17H21N3O3/c1-12(2)10-14(17(22)23)11-18-16(21)13-4-6-15(7-5-13)20-9-3-8-19-20/h3-9,12,14H,10-11H2,1-2H3,(H,18,21)(H,22,23). The largest absolute Gasteiger partial charge is 0.481 e. The summed E-state index contributed by atoms with van der Waals surface area (Å²) in [5.74, 6) is -1.45. The fourth-order valence-electron chi connectivity index (χ4n) is 2.35. The van der Waals surface area contributed by atoms with E-state index in [-0.39, 0.29) is 18.4 Å². The van der Waals surface area contributed by atoms with Gasteiger partial charge in [-0.15, -0.1) is 0 Å². The molecule has 0 fully saturated rings. The third-order valence-electron chi connectivity index (χ3n) is 3.51. The number of carboxylic acids is 1. The van der Waals surface area contributed by atoms with Crippen LogP contribution in [-0.4, -0.2) is 33.3 Å². The molecule has 6 nitrogen and oxygen atoms in total. The average Bonchev–Trinajstić information content (AvgIpc) is 3.05. The van der Waals surface area contributed by atoms with Crippen LogP contribution < -0.4 is 5.32 Å². The highest BCUT2D eigenvalue weighted by atomic mass is 16.4. The zero-order valence-corrected chi connectivity index (χ0v) is 13.3. The molecule has 0 aliphatic rings.